The maximum Gasteiger partial charge on any atom is 0.0625 e. The molecule has 2 rings (SSSR count). The predicted octanol–water partition coefficient (Wildman–Crippen LogP) is 2.43. The smallest absolute Gasteiger partial charge is 0.0625 e. The van der Waals surface area contributed by atoms with E-state index in [0.717, 1.165) is 38.5 Å². The fraction of sp³-hybridized carbons (Fsp3) is 1.00. The third-order valence-electron chi connectivity index (χ3n) is 4.79. The van der Waals surface area contributed by atoms with Gasteiger partial charge in [-0.2, -0.15) is 0 Å². The van der Waals surface area contributed by atoms with E-state index < -0.39 is 0 Å². The topological polar surface area (TPSA) is 32.7 Å². The van der Waals surface area contributed by atoms with Crippen LogP contribution in [0.15, 0.2) is 0 Å². The summed E-state index contributed by atoms with van der Waals surface area (Å²) in [6.07, 6.45) is 8.86. The van der Waals surface area contributed by atoms with Crippen LogP contribution in [-0.4, -0.2) is 48.5 Å². The Kier molecular flexibility index (Phi) is 5.93. The standard InChI is InChI=1S/C15H29NO2/c1-2-14(8-5-10-17)16-9-11-18-12-15(16)13-6-3-4-7-13/h13-15,17H,2-12H2,1H3. The predicted molar refractivity (Wildman–Crippen MR) is 73.7 cm³/mol. The van der Waals surface area contributed by atoms with Crippen molar-refractivity contribution in [3.05, 3.63) is 0 Å². The van der Waals surface area contributed by atoms with Crippen molar-refractivity contribution in [2.45, 2.75) is 64.0 Å². The number of aliphatic hydroxyl groups excluding tert-OH is 1. The number of nitrogens with zero attached hydrogens (tertiary/aromatic N) is 1. The normalized spacial score (nSPS) is 28.7. The number of aliphatic hydroxyl groups is 1. The molecule has 2 atom stereocenters. The summed E-state index contributed by atoms with van der Waals surface area (Å²) in [5.41, 5.74) is 0. The first-order valence-corrected chi connectivity index (χ1v) is 7.81. The Morgan fingerprint density at radius 1 is 1.33 bits per heavy atom. The second-order valence-corrected chi connectivity index (χ2v) is 5.85. The number of hydrogen-bond donors (Lipinski definition) is 1. The molecule has 2 aliphatic rings. The van der Waals surface area contributed by atoms with Gasteiger partial charge in [-0.1, -0.05) is 19.8 Å². The highest BCUT2D eigenvalue weighted by Gasteiger charge is 2.35. The van der Waals surface area contributed by atoms with Gasteiger partial charge in [0.2, 0.25) is 0 Å². The number of morpholine rings is 1. The highest BCUT2D eigenvalue weighted by atomic mass is 16.5. The van der Waals surface area contributed by atoms with Crippen LogP contribution in [0.25, 0.3) is 0 Å². The summed E-state index contributed by atoms with van der Waals surface area (Å²) in [7, 11) is 0. The van der Waals surface area contributed by atoms with Crippen molar-refractivity contribution in [1.82, 2.24) is 4.90 Å². The zero-order chi connectivity index (χ0) is 12.8. The first-order valence-electron chi connectivity index (χ1n) is 7.81. The molecule has 3 heteroatoms. The molecule has 0 bridgehead atoms. The average Bonchev–Trinajstić information content (AvgIpc) is 2.94. The van der Waals surface area contributed by atoms with Crippen molar-refractivity contribution in [2.75, 3.05) is 26.4 Å². The minimum atomic E-state index is 0.328. The highest BCUT2D eigenvalue weighted by molar-refractivity contribution is 4.88. The molecule has 106 valence electrons. The van der Waals surface area contributed by atoms with Gasteiger partial charge >= 0.3 is 0 Å². The first kappa shape index (κ1) is 14.3. The summed E-state index contributed by atoms with van der Waals surface area (Å²) in [5.74, 6) is 0.855. The van der Waals surface area contributed by atoms with Crippen molar-refractivity contribution in [2.24, 2.45) is 5.92 Å². The Bertz CT molecular complexity index is 229. The maximum atomic E-state index is 9.04. The van der Waals surface area contributed by atoms with Gasteiger partial charge in [-0.3, -0.25) is 4.90 Å². The molecule has 1 aliphatic carbocycles. The molecule has 0 aromatic carbocycles. The van der Waals surface area contributed by atoms with E-state index in [2.05, 4.69) is 11.8 Å². The van der Waals surface area contributed by atoms with Crippen LogP contribution in [0.1, 0.15) is 51.9 Å². The van der Waals surface area contributed by atoms with Crippen molar-refractivity contribution < 1.29 is 9.84 Å². The molecule has 0 aromatic heterocycles. The largest absolute Gasteiger partial charge is 0.396 e. The summed E-state index contributed by atoms with van der Waals surface area (Å²) in [5, 5.41) is 9.04. The quantitative estimate of drug-likeness (QED) is 0.791. The van der Waals surface area contributed by atoms with E-state index in [0.29, 0.717) is 18.7 Å². The highest BCUT2D eigenvalue weighted by Crippen LogP contribution is 2.33. The lowest BCUT2D eigenvalue weighted by molar-refractivity contribution is -0.0526. The van der Waals surface area contributed by atoms with Gasteiger partial charge in [0.1, 0.15) is 0 Å². The Labute approximate surface area is 112 Å². The van der Waals surface area contributed by atoms with E-state index in [-0.39, 0.29) is 0 Å². The van der Waals surface area contributed by atoms with E-state index >= 15 is 0 Å². The van der Waals surface area contributed by atoms with Gasteiger partial charge in [0.05, 0.1) is 13.2 Å². The molecule has 1 saturated heterocycles. The molecule has 0 radical (unpaired) electrons. The summed E-state index contributed by atoms with van der Waals surface area (Å²) in [6, 6.07) is 1.29. The number of hydrogen-bond acceptors (Lipinski definition) is 3. The van der Waals surface area contributed by atoms with E-state index in [1.807, 2.05) is 0 Å². The van der Waals surface area contributed by atoms with Crippen LogP contribution in [0, 0.1) is 5.92 Å². The molecule has 1 N–H and O–H groups in total. The first-order chi connectivity index (χ1) is 8.86. The molecule has 2 unspecified atom stereocenters. The SMILES string of the molecule is CCC(CCCO)N1CCOCC1C1CCCC1. The molecule has 18 heavy (non-hydrogen) atoms. The molecular weight excluding hydrogens is 226 g/mol. The summed E-state index contributed by atoms with van der Waals surface area (Å²) in [6.45, 7) is 5.52. The van der Waals surface area contributed by atoms with Gasteiger partial charge in [0.25, 0.3) is 0 Å². The molecule has 0 spiro atoms. The minimum absolute atomic E-state index is 0.328. The Morgan fingerprint density at radius 2 is 2.11 bits per heavy atom. The third-order valence-corrected chi connectivity index (χ3v) is 4.79. The van der Waals surface area contributed by atoms with Crippen LogP contribution >= 0.6 is 0 Å². The van der Waals surface area contributed by atoms with E-state index in [1.54, 1.807) is 0 Å². The van der Waals surface area contributed by atoms with Gasteiger partial charge < -0.3 is 9.84 Å². The van der Waals surface area contributed by atoms with Gasteiger partial charge in [-0.25, -0.2) is 0 Å². The Morgan fingerprint density at radius 3 is 2.78 bits per heavy atom. The lowest BCUT2D eigenvalue weighted by Gasteiger charge is -2.43. The van der Waals surface area contributed by atoms with Gasteiger partial charge in [-0.05, 0) is 38.0 Å². The minimum Gasteiger partial charge on any atom is -0.396 e. The Hall–Kier alpha value is -0.120. The number of ether oxygens (including phenoxy) is 1. The molecular formula is C15H29NO2. The van der Waals surface area contributed by atoms with E-state index in [4.69, 9.17) is 9.84 Å². The summed E-state index contributed by atoms with van der Waals surface area (Å²) >= 11 is 0. The molecule has 0 aromatic rings. The zero-order valence-corrected chi connectivity index (χ0v) is 11.8. The van der Waals surface area contributed by atoms with Crippen LogP contribution in [0.4, 0.5) is 0 Å². The molecule has 2 fully saturated rings. The second kappa shape index (κ2) is 7.46. The lowest BCUT2D eigenvalue weighted by Crippen LogP contribution is -2.53. The average molecular weight is 255 g/mol. The summed E-state index contributed by atoms with van der Waals surface area (Å²) in [4.78, 5) is 2.70. The molecule has 1 aliphatic heterocycles. The summed E-state index contributed by atoms with van der Waals surface area (Å²) < 4.78 is 5.73. The Balaban J connectivity index is 1.96. The van der Waals surface area contributed by atoms with Crippen LogP contribution in [0.2, 0.25) is 0 Å². The van der Waals surface area contributed by atoms with Crippen LogP contribution < -0.4 is 0 Å². The molecule has 3 nitrogen and oxygen atoms in total. The van der Waals surface area contributed by atoms with Gasteiger partial charge in [0.15, 0.2) is 0 Å². The van der Waals surface area contributed by atoms with Crippen molar-refractivity contribution in [3.63, 3.8) is 0 Å². The van der Waals surface area contributed by atoms with Crippen LogP contribution in [0.3, 0.4) is 0 Å². The fourth-order valence-corrected chi connectivity index (χ4v) is 3.77. The second-order valence-electron chi connectivity index (χ2n) is 5.85. The zero-order valence-electron chi connectivity index (χ0n) is 11.8. The van der Waals surface area contributed by atoms with Crippen LogP contribution in [-0.2, 0) is 4.74 Å². The molecule has 1 heterocycles. The monoisotopic (exact) mass is 255 g/mol. The van der Waals surface area contributed by atoms with Gasteiger partial charge in [0, 0.05) is 25.2 Å². The third kappa shape index (κ3) is 3.46. The van der Waals surface area contributed by atoms with E-state index in [1.165, 1.54) is 32.1 Å². The van der Waals surface area contributed by atoms with Crippen molar-refractivity contribution in [3.8, 4) is 0 Å². The fourth-order valence-electron chi connectivity index (χ4n) is 3.77. The van der Waals surface area contributed by atoms with Crippen LogP contribution in [0.5, 0.6) is 0 Å². The molecule has 1 saturated carbocycles. The maximum absolute atomic E-state index is 9.04. The van der Waals surface area contributed by atoms with Crippen molar-refractivity contribution >= 4 is 0 Å². The van der Waals surface area contributed by atoms with E-state index in [9.17, 15) is 0 Å². The van der Waals surface area contributed by atoms with Gasteiger partial charge in [-0.15, -0.1) is 0 Å². The number of rotatable bonds is 6. The lowest BCUT2D eigenvalue weighted by atomic mass is 9.93. The van der Waals surface area contributed by atoms with Crippen molar-refractivity contribution in [1.29, 1.82) is 0 Å². The molecule has 0 amide bonds.